The molecule has 0 rings (SSSR count). The van der Waals surface area contributed by atoms with E-state index >= 15 is 0 Å². The molecular formula is C40H69O9P. The smallest absolute Gasteiger partial charge is 0.462 e. The predicted molar refractivity (Wildman–Crippen MR) is 203 cm³/mol. The van der Waals surface area contributed by atoms with Crippen LogP contribution in [0.5, 0.6) is 0 Å². The van der Waals surface area contributed by atoms with Crippen LogP contribution >= 0.6 is 7.82 Å². The predicted octanol–water partition coefficient (Wildman–Crippen LogP) is 10.3. The Morgan fingerprint density at radius 3 is 1.66 bits per heavy atom. The third kappa shape index (κ3) is 37.0. The van der Waals surface area contributed by atoms with Gasteiger partial charge in [0.05, 0.1) is 12.7 Å². The highest BCUT2D eigenvalue weighted by atomic mass is 31.2. The highest BCUT2D eigenvalue weighted by Crippen LogP contribution is 2.36. The molecule has 0 aromatic heterocycles. The number of carbonyl (C=O) groups excluding carboxylic acids is 2. The molecule has 0 bridgehead atoms. The van der Waals surface area contributed by atoms with Crippen LogP contribution in [0.1, 0.15) is 155 Å². The Kier molecular flexibility index (Phi) is 33.5. The van der Waals surface area contributed by atoms with Crippen LogP contribution in [-0.2, 0) is 28.2 Å². The zero-order chi connectivity index (χ0) is 37.0. The summed E-state index contributed by atoms with van der Waals surface area (Å²) in [5.41, 5.74) is 0. The molecule has 50 heavy (non-hydrogen) atoms. The standard InChI is InChI=1S/C40H69O9P/c1-3-5-6-7-8-9-10-11-15-19-22-25-28-31-34-40(43)49-38(36-48-50(44,45)46)35-47-39(42)33-30-27-24-21-18-16-13-12-14-17-20-23-26-29-32-37(41)4-2/h13-14,16-17,21,23-24,26,29,32,37-38,41H,3-12,15,18-20,22,25,27-28,30-31,33-36H2,1-2H3,(H2,44,45,46)/b16-13-,17-14-,24-21-,26-23-,32-29+/t37-,38+/m0/s1. The largest absolute Gasteiger partial charge is 0.469 e. The summed E-state index contributed by atoms with van der Waals surface area (Å²) in [5.74, 6) is -0.974. The number of phosphoric acid groups is 1. The van der Waals surface area contributed by atoms with Crippen molar-refractivity contribution in [1.82, 2.24) is 0 Å². The number of aliphatic hydroxyl groups excluding tert-OH is 1. The Labute approximate surface area is 303 Å². The van der Waals surface area contributed by atoms with Crippen molar-refractivity contribution in [1.29, 1.82) is 0 Å². The van der Waals surface area contributed by atoms with E-state index in [9.17, 15) is 19.3 Å². The first kappa shape index (κ1) is 47.7. The molecule has 0 fully saturated rings. The molecule has 0 aliphatic heterocycles. The third-order valence-corrected chi connectivity index (χ3v) is 8.44. The fraction of sp³-hybridized carbons (Fsp3) is 0.700. The minimum atomic E-state index is -4.77. The Bertz CT molecular complexity index is 1010. The van der Waals surface area contributed by atoms with Crippen molar-refractivity contribution in [3.63, 3.8) is 0 Å². The van der Waals surface area contributed by atoms with Crippen molar-refractivity contribution in [2.75, 3.05) is 13.2 Å². The molecule has 9 nitrogen and oxygen atoms in total. The average molecular weight is 725 g/mol. The highest BCUT2D eigenvalue weighted by Gasteiger charge is 2.22. The molecule has 0 spiro atoms. The molecule has 0 aromatic rings. The molecule has 0 amide bonds. The normalized spacial score (nSPS) is 13.8. The summed E-state index contributed by atoms with van der Waals surface area (Å²) < 4.78 is 26.2. The van der Waals surface area contributed by atoms with Crippen LogP contribution in [0.25, 0.3) is 0 Å². The SMILES string of the molecule is CCCCCCCCCCCCCCCCC(=O)O[C@H](COC(=O)CCC/C=C\C/C=C\C/C=C\C/C=C\C=C\[C@@H](O)CC)COP(=O)(O)O. The van der Waals surface area contributed by atoms with Crippen LogP contribution in [0.2, 0.25) is 0 Å². The van der Waals surface area contributed by atoms with Crippen LogP contribution in [-0.4, -0.2) is 52.3 Å². The second kappa shape index (κ2) is 35.1. The number of carbonyl (C=O) groups is 2. The monoisotopic (exact) mass is 724 g/mol. The summed E-state index contributed by atoms with van der Waals surface area (Å²) in [4.78, 5) is 42.7. The topological polar surface area (TPSA) is 140 Å². The number of rotatable bonds is 34. The van der Waals surface area contributed by atoms with Gasteiger partial charge in [0.25, 0.3) is 0 Å². The van der Waals surface area contributed by atoms with E-state index in [1.54, 1.807) is 6.08 Å². The summed E-state index contributed by atoms with van der Waals surface area (Å²) in [6.07, 6.45) is 40.4. The maximum Gasteiger partial charge on any atom is 0.469 e. The van der Waals surface area contributed by atoms with E-state index in [2.05, 4.69) is 35.8 Å². The van der Waals surface area contributed by atoms with Gasteiger partial charge >= 0.3 is 19.8 Å². The maximum absolute atomic E-state index is 12.4. The summed E-state index contributed by atoms with van der Waals surface area (Å²) in [5, 5.41) is 9.44. The van der Waals surface area contributed by atoms with Gasteiger partial charge in [0, 0.05) is 12.8 Å². The molecule has 0 aromatic carbocycles. The van der Waals surface area contributed by atoms with Crippen LogP contribution in [0.15, 0.2) is 60.8 Å². The van der Waals surface area contributed by atoms with Gasteiger partial charge in [-0.15, -0.1) is 0 Å². The van der Waals surface area contributed by atoms with Crippen LogP contribution in [0, 0.1) is 0 Å². The van der Waals surface area contributed by atoms with E-state index in [4.69, 9.17) is 19.3 Å². The second-order valence-corrected chi connectivity index (χ2v) is 14.0. The molecule has 0 aliphatic carbocycles. The van der Waals surface area contributed by atoms with Crippen molar-refractivity contribution in [2.24, 2.45) is 0 Å². The number of hydrogen-bond donors (Lipinski definition) is 3. The van der Waals surface area contributed by atoms with E-state index in [1.165, 1.54) is 64.2 Å². The maximum atomic E-state index is 12.4. The van der Waals surface area contributed by atoms with Crippen LogP contribution in [0.4, 0.5) is 0 Å². The van der Waals surface area contributed by atoms with Gasteiger partial charge in [0.2, 0.25) is 0 Å². The van der Waals surface area contributed by atoms with E-state index in [0.29, 0.717) is 25.7 Å². The number of ether oxygens (including phenoxy) is 2. The molecule has 0 aliphatic rings. The molecule has 2 atom stereocenters. The van der Waals surface area contributed by atoms with Gasteiger partial charge in [-0.25, -0.2) is 4.57 Å². The summed E-state index contributed by atoms with van der Waals surface area (Å²) in [6, 6.07) is 0. The van der Waals surface area contributed by atoms with Crippen molar-refractivity contribution in [2.45, 2.75) is 167 Å². The van der Waals surface area contributed by atoms with Crippen molar-refractivity contribution in [3.8, 4) is 0 Å². The number of hydrogen-bond acceptors (Lipinski definition) is 7. The van der Waals surface area contributed by atoms with Gasteiger partial charge < -0.3 is 24.4 Å². The van der Waals surface area contributed by atoms with E-state index in [-0.39, 0.29) is 25.6 Å². The lowest BCUT2D eigenvalue weighted by atomic mass is 10.0. The van der Waals surface area contributed by atoms with Gasteiger partial charge in [-0.2, -0.15) is 0 Å². The Morgan fingerprint density at radius 1 is 0.620 bits per heavy atom. The number of esters is 2. The number of phosphoric ester groups is 1. The summed E-state index contributed by atoms with van der Waals surface area (Å²) >= 11 is 0. The van der Waals surface area contributed by atoms with Gasteiger partial charge in [-0.3, -0.25) is 14.1 Å². The minimum absolute atomic E-state index is 0.174. The van der Waals surface area contributed by atoms with E-state index in [1.807, 2.05) is 37.3 Å². The number of allylic oxidation sites excluding steroid dienone is 9. The molecule has 10 heteroatoms. The molecular weight excluding hydrogens is 655 g/mol. The molecule has 3 N–H and O–H groups in total. The highest BCUT2D eigenvalue weighted by molar-refractivity contribution is 7.46. The minimum Gasteiger partial charge on any atom is -0.462 e. The lowest BCUT2D eigenvalue weighted by Crippen LogP contribution is -2.29. The molecule has 0 heterocycles. The van der Waals surface area contributed by atoms with Gasteiger partial charge in [0.1, 0.15) is 6.61 Å². The first-order valence-corrected chi connectivity index (χ1v) is 20.7. The Morgan fingerprint density at radius 2 is 1.12 bits per heavy atom. The average Bonchev–Trinajstić information content (AvgIpc) is 3.08. The fourth-order valence-corrected chi connectivity index (χ4v) is 5.31. The molecule has 0 saturated heterocycles. The number of unbranched alkanes of at least 4 members (excludes halogenated alkanes) is 14. The van der Waals surface area contributed by atoms with Crippen LogP contribution in [0.3, 0.4) is 0 Å². The summed E-state index contributed by atoms with van der Waals surface area (Å²) in [6.45, 7) is 3.29. The molecule has 0 unspecified atom stereocenters. The number of aliphatic hydroxyl groups is 1. The van der Waals surface area contributed by atoms with Crippen molar-refractivity contribution < 1.29 is 43.0 Å². The Balaban J connectivity index is 4.08. The lowest BCUT2D eigenvalue weighted by molar-refractivity contribution is -0.161. The second-order valence-electron chi connectivity index (χ2n) is 12.7. The zero-order valence-electron chi connectivity index (χ0n) is 31.1. The van der Waals surface area contributed by atoms with Gasteiger partial charge in [-0.05, 0) is 44.9 Å². The zero-order valence-corrected chi connectivity index (χ0v) is 32.0. The molecule has 288 valence electrons. The summed E-state index contributed by atoms with van der Waals surface area (Å²) in [7, 11) is -4.77. The van der Waals surface area contributed by atoms with E-state index < -0.39 is 32.5 Å². The van der Waals surface area contributed by atoms with E-state index in [0.717, 1.165) is 38.5 Å². The quantitative estimate of drug-likeness (QED) is 0.0194. The van der Waals surface area contributed by atoms with Crippen molar-refractivity contribution >= 4 is 19.8 Å². The lowest BCUT2D eigenvalue weighted by Gasteiger charge is -2.18. The first-order valence-electron chi connectivity index (χ1n) is 19.2. The molecule has 0 saturated carbocycles. The van der Waals surface area contributed by atoms with Gasteiger partial charge in [-0.1, -0.05) is 158 Å². The Hall–Kier alpha value is -2.29. The van der Waals surface area contributed by atoms with Crippen LogP contribution < -0.4 is 0 Å². The van der Waals surface area contributed by atoms with Gasteiger partial charge in [0.15, 0.2) is 6.10 Å². The van der Waals surface area contributed by atoms with Crippen molar-refractivity contribution in [3.05, 3.63) is 60.8 Å². The molecule has 0 radical (unpaired) electrons. The fourth-order valence-electron chi connectivity index (χ4n) is 4.95. The third-order valence-electron chi connectivity index (χ3n) is 7.96. The first-order chi connectivity index (χ1) is 24.2.